The molecule has 0 aliphatic rings. The van der Waals surface area contributed by atoms with Crippen LogP contribution in [0.1, 0.15) is 12.5 Å². The zero-order valence-electron chi connectivity index (χ0n) is 10.5. The van der Waals surface area contributed by atoms with E-state index in [4.69, 9.17) is 10.3 Å². The van der Waals surface area contributed by atoms with Crippen LogP contribution in [0.2, 0.25) is 0 Å². The van der Waals surface area contributed by atoms with Crippen molar-refractivity contribution in [2.75, 3.05) is 18.5 Å². The fourth-order valence-electron chi connectivity index (χ4n) is 1.48. The summed E-state index contributed by atoms with van der Waals surface area (Å²) >= 11 is 0. The summed E-state index contributed by atoms with van der Waals surface area (Å²) < 4.78 is 4.92. The number of esters is 1. The van der Waals surface area contributed by atoms with Gasteiger partial charge < -0.3 is 10.1 Å². The van der Waals surface area contributed by atoms with E-state index < -0.39 is 12.0 Å². The van der Waals surface area contributed by atoms with Crippen molar-refractivity contribution in [1.29, 1.82) is 0 Å². The summed E-state index contributed by atoms with van der Waals surface area (Å²) in [5, 5.41) is 6.41. The molecule has 0 amide bonds. The lowest BCUT2D eigenvalue weighted by Gasteiger charge is -2.16. The van der Waals surface area contributed by atoms with E-state index >= 15 is 0 Å². The molecule has 0 aliphatic heterocycles. The summed E-state index contributed by atoms with van der Waals surface area (Å²) in [6.07, 6.45) is 0. The number of rotatable bonds is 6. The van der Waals surface area contributed by atoms with Gasteiger partial charge in [-0.1, -0.05) is 17.2 Å². The number of benzene rings is 1. The average molecular weight is 248 g/mol. The van der Waals surface area contributed by atoms with E-state index in [0.29, 0.717) is 6.61 Å². The molecule has 0 aliphatic carbocycles. The molecular formula is C12H16N4O2. The van der Waals surface area contributed by atoms with Crippen molar-refractivity contribution < 1.29 is 9.53 Å². The highest BCUT2D eigenvalue weighted by molar-refractivity contribution is 5.79. The molecule has 96 valence electrons. The Labute approximate surface area is 106 Å². The van der Waals surface area contributed by atoms with E-state index in [-0.39, 0.29) is 6.54 Å². The van der Waals surface area contributed by atoms with Crippen LogP contribution in [0, 0.1) is 6.92 Å². The van der Waals surface area contributed by atoms with Crippen LogP contribution in [0.25, 0.3) is 10.4 Å². The Kier molecular flexibility index (Phi) is 5.54. The Morgan fingerprint density at radius 1 is 1.61 bits per heavy atom. The summed E-state index contributed by atoms with van der Waals surface area (Å²) in [6, 6.07) is 6.92. The van der Waals surface area contributed by atoms with Gasteiger partial charge in [0.05, 0.1) is 13.2 Å². The minimum atomic E-state index is -0.664. The van der Waals surface area contributed by atoms with E-state index in [1.54, 1.807) is 6.92 Å². The molecule has 18 heavy (non-hydrogen) atoms. The molecule has 1 rings (SSSR count). The number of carbonyl (C=O) groups excluding carboxylic acids is 1. The molecule has 1 unspecified atom stereocenters. The predicted molar refractivity (Wildman–Crippen MR) is 69.2 cm³/mol. The van der Waals surface area contributed by atoms with Crippen molar-refractivity contribution in [3.05, 3.63) is 40.3 Å². The number of hydrogen-bond donors (Lipinski definition) is 1. The molecule has 1 N–H and O–H groups in total. The number of nitrogens with one attached hydrogen (secondary N) is 1. The topological polar surface area (TPSA) is 87.1 Å². The Hall–Kier alpha value is -2.20. The molecule has 0 aromatic heterocycles. The van der Waals surface area contributed by atoms with E-state index in [0.717, 1.165) is 11.3 Å². The molecule has 0 saturated carbocycles. The number of aryl methyl sites for hydroxylation is 1. The highest BCUT2D eigenvalue weighted by atomic mass is 16.5. The molecule has 6 nitrogen and oxygen atoms in total. The van der Waals surface area contributed by atoms with E-state index in [9.17, 15) is 4.79 Å². The van der Waals surface area contributed by atoms with Gasteiger partial charge in [-0.3, -0.25) is 0 Å². The monoisotopic (exact) mass is 248 g/mol. The Balaban J connectivity index is 2.77. The van der Waals surface area contributed by atoms with Gasteiger partial charge in [0.1, 0.15) is 6.04 Å². The Morgan fingerprint density at radius 3 is 3.00 bits per heavy atom. The van der Waals surface area contributed by atoms with Gasteiger partial charge in [-0.25, -0.2) is 4.79 Å². The van der Waals surface area contributed by atoms with Gasteiger partial charge in [0.15, 0.2) is 0 Å². The number of ether oxygens (including phenoxy) is 1. The third-order valence-electron chi connectivity index (χ3n) is 2.26. The van der Waals surface area contributed by atoms with Crippen LogP contribution in [-0.4, -0.2) is 25.2 Å². The highest BCUT2D eigenvalue weighted by Gasteiger charge is 2.18. The fourth-order valence-corrected chi connectivity index (χ4v) is 1.48. The number of nitrogens with zero attached hydrogens (tertiary/aromatic N) is 3. The van der Waals surface area contributed by atoms with E-state index in [2.05, 4.69) is 15.3 Å². The number of carbonyl (C=O) groups is 1. The van der Waals surface area contributed by atoms with Crippen LogP contribution < -0.4 is 5.32 Å². The van der Waals surface area contributed by atoms with E-state index in [1.807, 2.05) is 31.2 Å². The van der Waals surface area contributed by atoms with Crippen molar-refractivity contribution in [3.63, 3.8) is 0 Å². The smallest absolute Gasteiger partial charge is 0.328 e. The van der Waals surface area contributed by atoms with Crippen molar-refractivity contribution in [2.24, 2.45) is 5.11 Å². The van der Waals surface area contributed by atoms with E-state index in [1.165, 1.54) is 0 Å². The van der Waals surface area contributed by atoms with Gasteiger partial charge in [-0.2, -0.15) is 0 Å². The second-order valence-electron chi connectivity index (χ2n) is 3.73. The standard InChI is InChI=1S/C12H16N4O2/c1-3-18-12(17)11(8-14-16-13)15-10-6-4-5-9(2)7-10/h4-7,11,15H,3,8H2,1-2H3. The zero-order chi connectivity index (χ0) is 13.4. The molecule has 0 fully saturated rings. The van der Waals surface area contributed by atoms with Gasteiger partial charge in [-0.05, 0) is 37.1 Å². The predicted octanol–water partition coefficient (Wildman–Crippen LogP) is 2.65. The quantitative estimate of drug-likeness (QED) is 0.363. The van der Waals surface area contributed by atoms with Gasteiger partial charge >= 0.3 is 5.97 Å². The maximum Gasteiger partial charge on any atom is 0.328 e. The summed E-state index contributed by atoms with van der Waals surface area (Å²) in [4.78, 5) is 14.3. The third-order valence-corrected chi connectivity index (χ3v) is 2.26. The van der Waals surface area contributed by atoms with Crippen LogP contribution in [-0.2, 0) is 9.53 Å². The van der Waals surface area contributed by atoms with Crippen LogP contribution in [0.4, 0.5) is 5.69 Å². The van der Waals surface area contributed by atoms with Crippen molar-refractivity contribution in [1.82, 2.24) is 0 Å². The first-order valence-corrected chi connectivity index (χ1v) is 5.68. The molecule has 6 heteroatoms. The Morgan fingerprint density at radius 2 is 2.39 bits per heavy atom. The third kappa shape index (κ3) is 4.35. The van der Waals surface area contributed by atoms with Crippen LogP contribution >= 0.6 is 0 Å². The molecule has 0 radical (unpaired) electrons. The minimum absolute atomic E-state index is 0.0171. The van der Waals surface area contributed by atoms with Crippen molar-refractivity contribution >= 4 is 11.7 Å². The van der Waals surface area contributed by atoms with Gasteiger partial charge in [0.25, 0.3) is 0 Å². The SMILES string of the molecule is CCOC(=O)C(CN=[N+]=[N-])Nc1cccc(C)c1. The molecule has 0 heterocycles. The lowest BCUT2D eigenvalue weighted by molar-refractivity contribution is -0.143. The molecule has 1 aromatic rings. The number of hydrogen-bond acceptors (Lipinski definition) is 4. The number of azide groups is 1. The summed E-state index contributed by atoms with van der Waals surface area (Å²) in [5.41, 5.74) is 10.2. The van der Waals surface area contributed by atoms with Gasteiger partial charge in [-0.15, -0.1) is 0 Å². The Bertz CT molecular complexity index is 455. The molecule has 1 aromatic carbocycles. The van der Waals surface area contributed by atoms with Crippen molar-refractivity contribution in [2.45, 2.75) is 19.9 Å². The maximum atomic E-state index is 11.7. The van der Waals surface area contributed by atoms with Crippen molar-refractivity contribution in [3.8, 4) is 0 Å². The highest BCUT2D eigenvalue weighted by Crippen LogP contribution is 2.11. The van der Waals surface area contributed by atoms with Crippen LogP contribution in [0.5, 0.6) is 0 Å². The summed E-state index contributed by atoms with van der Waals surface area (Å²) in [5.74, 6) is -0.425. The lowest BCUT2D eigenvalue weighted by atomic mass is 10.2. The molecule has 0 saturated heterocycles. The first kappa shape index (κ1) is 13.9. The molecule has 0 bridgehead atoms. The lowest BCUT2D eigenvalue weighted by Crippen LogP contribution is -2.34. The largest absolute Gasteiger partial charge is 0.464 e. The summed E-state index contributed by atoms with van der Waals surface area (Å²) in [7, 11) is 0. The van der Waals surface area contributed by atoms with Crippen LogP contribution in [0.15, 0.2) is 29.4 Å². The van der Waals surface area contributed by atoms with Crippen LogP contribution in [0.3, 0.4) is 0 Å². The molecular weight excluding hydrogens is 232 g/mol. The fraction of sp³-hybridized carbons (Fsp3) is 0.417. The normalized spacial score (nSPS) is 11.2. The minimum Gasteiger partial charge on any atom is -0.464 e. The average Bonchev–Trinajstić information content (AvgIpc) is 2.34. The summed E-state index contributed by atoms with van der Waals surface area (Å²) in [6.45, 7) is 4.00. The molecule has 1 atom stereocenters. The first-order valence-electron chi connectivity index (χ1n) is 5.68. The second kappa shape index (κ2) is 7.19. The second-order valence-corrected chi connectivity index (χ2v) is 3.73. The zero-order valence-corrected chi connectivity index (χ0v) is 10.5. The first-order chi connectivity index (χ1) is 8.67. The van der Waals surface area contributed by atoms with Gasteiger partial charge in [0.2, 0.25) is 0 Å². The maximum absolute atomic E-state index is 11.7. The molecule has 0 spiro atoms. The van der Waals surface area contributed by atoms with Gasteiger partial charge in [0, 0.05) is 10.6 Å². The number of anilines is 1.